The van der Waals surface area contributed by atoms with Crippen LogP contribution in [0.25, 0.3) is 0 Å². The average Bonchev–Trinajstić information content (AvgIpc) is 3.00. The van der Waals surface area contributed by atoms with Crippen molar-refractivity contribution in [3.05, 3.63) is 71.3 Å². The molecule has 2 unspecified atom stereocenters. The van der Waals surface area contributed by atoms with Crippen molar-refractivity contribution in [3.8, 4) is 0 Å². The summed E-state index contributed by atoms with van der Waals surface area (Å²) in [5.41, 5.74) is 9.10. The minimum Gasteiger partial charge on any atom is -0.366 e. The molecule has 0 aromatic heterocycles. The maximum atomic E-state index is 11.6. The molecular weight excluding hydrogens is 308 g/mol. The lowest BCUT2D eigenvalue weighted by Gasteiger charge is -2.27. The molecule has 130 valence electrons. The van der Waals surface area contributed by atoms with Crippen molar-refractivity contribution in [1.82, 2.24) is 4.90 Å². The molecular formula is C22H26N2O. The van der Waals surface area contributed by atoms with E-state index in [0.717, 1.165) is 19.6 Å². The molecule has 2 aromatic carbocycles. The Bertz CT molecular complexity index is 759. The number of carbonyl (C=O) groups excluding carboxylic acids is 1. The Morgan fingerprint density at radius 1 is 1.12 bits per heavy atom. The number of piperidine rings is 1. The predicted molar refractivity (Wildman–Crippen MR) is 100 cm³/mol. The van der Waals surface area contributed by atoms with Crippen LogP contribution in [-0.2, 0) is 12.0 Å². The number of nitrogens with two attached hydrogens (primary N) is 1. The standard InChI is InChI=1S/C22H26N2O/c1-2-11-22(18-10-6-9-17(12-18)21(23)25)19-14-24(15-20(19)22)13-16-7-4-3-5-8-16/h3-10,12,19-20H,2,11,13-15H2,1H3,(H2,23,25). The van der Waals surface area contributed by atoms with Crippen LogP contribution in [0.4, 0.5) is 0 Å². The van der Waals surface area contributed by atoms with E-state index >= 15 is 0 Å². The molecule has 1 aliphatic carbocycles. The number of likely N-dealkylation sites (tertiary alicyclic amines) is 1. The van der Waals surface area contributed by atoms with Gasteiger partial charge in [0.25, 0.3) is 0 Å². The summed E-state index contributed by atoms with van der Waals surface area (Å²) in [6, 6.07) is 18.8. The lowest BCUT2D eigenvalue weighted by atomic mass is 9.85. The van der Waals surface area contributed by atoms with Gasteiger partial charge in [-0.05, 0) is 41.5 Å². The first-order chi connectivity index (χ1) is 12.1. The van der Waals surface area contributed by atoms with Crippen LogP contribution >= 0.6 is 0 Å². The van der Waals surface area contributed by atoms with Crippen LogP contribution in [0.5, 0.6) is 0 Å². The molecule has 1 aliphatic heterocycles. The Morgan fingerprint density at radius 3 is 2.48 bits per heavy atom. The summed E-state index contributed by atoms with van der Waals surface area (Å²) in [6.45, 7) is 5.60. The number of fused-ring (bicyclic) bond motifs is 1. The summed E-state index contributed by atoms with van der Waals surface area (Å²) in [6.07, 6.45) is 2.37. The molecule has 4 rings (SSSR count). The fourth-order valence-electron chi connectivity index (χ4n) is 5.11. The quantitative estimate of drug-likeness (QED) is 0.877. The normalized spacial score (nSPS) is 27.9. The second-order valence-electron chi connectivity index (χ2n) is 7.63. The fourth-order valence-corrected chi connectivity index (χ4v) is 5.11. The predicted octanol–water partition coefficient (Wildman–Crippen LogP) is 3.59. The van der Waals surface area contributed by atoms with Gasteiger partial charge in [0, 0.05) is 30.6 Å². The van der Waals surface area contributed by atoms with Gasteiger partial charge in [0.2, 0.25) is 5.91 Å². The van der Waals surface area contributed by atoms with Crippen LogP contribution in [0.1, 0.15) is 41.3 Å². The monoisotopic (exact) mass is 334 g/mol. The van der Waals surface area contributed by atoms with Gasteiger partial charge < -0.3 is 5.73 Å². The first kappa shape index (κ1) is 16.3. The number of carbonyl (C=O) groups is 1. The summed E-state index contributed by atoms with van der Waals surface area (Å²) in [7, 11) is 0. The van der Waals surface area contributed by atoms with Gasteiger partial charge in [-0.3, -0.25) is 9.69 Å². The molecule has 1 amide bonds. The number of amides is 1. The summed E-state index contributed by atoms with van der Waals surface area (Å²) in [5.74, 6) is 1.09. The third kappa shape index (κ3) is 2.77. The lowest BCUT2D eigenvalue weighted by molar-refractivity contribution is 0.1000. The highest BCUT2D eigenvalue weighted by molar-refractivity contribution is 5.93. The zero-order valence-electron chi connectivity index (χ0n) is 14.8. The third-order valence-electron chi connectivity index (χ3n) is 6.21. The average molecular weight is 334 g/mol. The van der Waals surface area contributed by atoms with Crippen LogP contribution in [0.3, 0.4) is 0 Å². The van der Waals surface area contributed by atoms with Crippen molar-refractivity contribution in [3.63, 3.8) is 0 Å². The first-order valence-corrected chi connectivity index (χ1v) is 9.31. The zero-order chi connectivity index (χ0) is 17.4. The van der Waals surface area contributed by atoms with E-state index in [-0.39, 0.29) is 11.3 Å². The highest BCUT2D eigenvalue weighted by Crippen LogP contribution is 2.66. The largest absolute Gasteiger partial charge is 0.366 e. The van der Waals surface area contributed by atoms with Crippen LogP contribution in [0.15, 0.2) is 54.6 Å². The minimum atomic E-state index is -0.329. The molecule has 2 atom stereocenters. The van der Waals surface area contributed by atoms with Gasteiger partial charge in [-0.25, -0.2) is 0 Å². The van der Waals surface area contributed by atoms with E-state index in [1.165, 1.54) is 24.0 Å². The van der Waals surface area contributed by atoms with Crippen molar-refractivity contribution in [1.29, 1.82) is 0 Å². The minimum absolute atomic E-state index is 0.257. The van der Waals surface area contributed by atoms with E-state index in [1.807, 2.05) is 18.2 Å². The van der Waals surface area contributed by atoms with Gasteiger partial charge in [-0.2, -0.15) is 0 Å². The summed E-state index contributed by atoms with van der Waals surface area (Å²) in [4.78, 5) is 14.2. The van der Waals surface area contributed by atoms with Crippen molar-refractivity contribution in [2.24, 2.45) is 17.6 Å². The number of hydrogen-bond donors (Lipinski definition) is 1. The van der Waals surface area contributed by atoms with E-state index < -0.39 is 0 Å². The molecule has 2 aromatic rings. The van der Waals surface area contributed by atoms with Crippen molar-refractivity contribution in [2.45, 2.75) is 31.7 Å². The maximum Gasteiger partial charge on any atom is 0.248 e. The van der Waals surface area contributed by atoms with E-state index in [1.54, 1.807) is 0 Å². The number of benzene rings is 2. The molecule has 2 N–H and O–H groups in total. The van der Waals surface area contributed by atoms with Crippen molar-refractivity contribution in [2.75, 3.05) is 13.1 Å². The zero-order valence-corrected chi connectivity index (χ0v) is 14.8. The van der Waals surface area contributed by atoms with Gasteiger partial charge in [-0.1, -0.05) is 55.8 Å². The highest BCUT2D eigenvalue weighted by atomic mass is 16.1. The second-order valence-corrected chi connectivity index (χ2v) is 7.63. The van der Waals surface area contributed by atoms with Crippen LogP contribution in [0, 0.1) is 11.8 Å². The molecule has 3 nitrogen and oxygen atoms in total. The Hall–Kier alpha value is -2.13. The number of nitrogens with zero attached hydrogens (tertiary/aromatic N) is 1. The second kappa shape index (κ2) is 6.30. The number of primary amides is 1. The molecule has 1 saturated carbocycles. The molecule has 1 heterocycles. The first-order valence-electron chi connectivity index (χ1n) is 9.31. The smallest absolute Gasteiger partial charge is 0.248 e. The number of hydrogen-bond acceptors (Lipinski definition) is 2. The van der Waals surface area contributed by atoms with E-state index in [0.29, 0.717) is 17.4 Å². The van der Waals surface area contributed by atoms with Gasteiger partial charge in [0.15, 0.2) is 0 Å². The van der Waals surface area contributed by atoms with E-state index in [9.17, 15) is 4.79 Å². The third-order valence-corrected chi connectivity index (χ3v) is 6.21. The lowest BCUT2D eigenvalue weighted by Crippen LogP contribution is -2.30. The SMILES string of the molecule is CCCC1(c2cccc(C(N)=O)c2)C2CN(Cc3ccccc3)CC21. The molecule has 0 radical (unpaired) electrons. The molecule has 25 heavy (non-hydrogen) atoms. The Balaban J connectivity index is 1.52. The molecule has 2 aliphatic rings. The van der Waals surface area contributed by atoms with Gasteiger partial charge >= 0.3 is 0 Å². The molecule has 0 spiro atoms. The Morgan fingerprint density at radius 2 is 1.84 bits per heavy atom. The summed E-state index contributed by atoms with van der Waals surface area (Å²) >= 11 is 0. The Kier molecular flexibility index (Phi) is 4.12. The maximum absolute atomic E-state index is 11.6. The molecule has 3 heteroatoms. The van der Waals surface area contributed by atoms with Crippen molar-refractivity contribution < 1.29 is 4.79 Å². The summed E-state index contributed by atoms with van der Waals surface area (Å²) in [5, 5.41) is 0. The van der Waals surface area contributed by atoms with Gasteiger partial charge in [-0.15, -0.1) is 0 Å². The molecule has 0 bridgehead atoms. The molecule has 1 saturated heterocycles. The van der Waals surface area contributed by atoms with E-state index in [2.05, 4.69) is 48.2 Å². The van der Waals surface area contributed by atoms with Crippen LogP contribution in [0.2, 0.25) is 0 Å². The van der Waals surface area contributed by atoms with Crippen LogP contribution in [-0.4, -0.2) is 23.9 Å². The summed E-state index contributed by atoms with van der Waals surface area (Å²) < 4.78 is 0. The molecule has 2 fully saturated rings. The van der Waals surface area contributed by atoms with Crippen LogP contribution < -0.4 is 5.73 Å². The highest BCUT2D eigenvalue weighted by Gasteiger charge is 2.67. The van der Waals surface area contributed by atoms with Gasteiger partial charge in [0.1, 0.15) is 0 Å². The van der Waals surface area contributed by atoms with Gasteiger partial charge in [0.05, 0.1) is 0 Å². The number of rotatable bonds is 6. The van der Waals surface area contributed by atoms with Crippen molar-refractivity contribution >= 4 is 5.91 Å². The Labute approximate surface area is 149 Å². The van der Waals surface area contributed by atoms with E-state index in [4.69, 9.17) is 5.73 Å². The topological polar surface area (TPSA) is 46.3 Å². The fraction of sp³-hybridized carbons (Fsp3) is 0.409.